The van der Waals surface area contributed by atoms with Gasteiger partial charge in [-0.3, -0.25) is 9.59 Å². The lowest BCUT2D eigenvalue weighted by molar-refractivity contribution is 0.0938. The molecule has 0 radical (unpaired) electrons. The molecule has 0 fully saturated rings. The van der Waals surface area contributed by atoms with Crippen molar-refractivity contribution in [2.75, 3.05) is 13.2 Å². The molecular formula is C20H18N2O4. The Morgan fingerprint density at radius 3 is 2.69 bits per heavy atom. The Morgan fingerprint density at radius 1 is 1.08 bits per heavy atom. The number of aromatic nitrogens is 1. The minimum atomic E-state index is -0.417. The number of nitrogens with one attached hydrogen (secondary N) is 2. The Bertz CT molecular complexity index is 1040. The van der Waals surface area contributed by atoms with E-state index in [2.05, 4.69) is 10.3 Å². The van der Waals surface area contributed by atoms with Crippen molar-refractivity contribution in [3.05, 3.63) is 70.0 Å². The van der Waals surface area contributed by atoms with Crippen LogP contribution in [0.5, 0.6) is 11.5 Å². The molecule has 1 amide bonds. The lowest BCUT2D eigenvalue weighted by Crippen LogP contribution is -2.31. The zero-order valence-corrected chi connectivity index (χ0v) is 14.2. The van der Waals surface area contributed by atoms with E-state index in [0.717, 1.165) is 10.9 Å². The third-order valence-corrected chi connectivity index (χ3v) is 4.41. The number of hydrogen-bond donors (Lipinski definition) is 2. The van der Waals surface area contributed by atoms with Crippen LogP contribution in [0.15, 0.2) is 53.3 Å². The van der Waals surface area contributed by atoms with Gasteiger partial charge in [0.1, 0.15) is 18.8 Å². The fraction of sp³-hybridized carbons (Fsp3) is 0.200. The maximum atomic E-state index is 12.6. The average molecular weight is 350 g/mol. The van der Waals surface area contributed by atoms with Crippen LogP contribution in [0.1, 0.15) is 28.9 Å². The number of carbonyl (C=O) groups is 1. The van der Waals surface area contributed by atoms with Gasteiger partial charge in [-0.2, -0.15) is 0 Å². The van der Waals surface area contributed by atoms with E-state index in [1.54, 1.807) is 12.1 Å². The lowest BCUT2D eigenvalue weighted by Gasteiger charge is -2.21. The van der Waals surface area contributed by atoms with Gasteiger partial charge < -0.3 is 19.8 Å². The number of ether oxygens (including phenoxy) is 2. The van der Waals surface area contributed by atoms with Gasteiger partial charge in [0, 0.05) is 5.52 Å². The lowest BCUT2D eigenvalue weighted by atomic mass is 10.1. The molecule has 1 aliphatic rings. The molecular weight excluding hydrogens is 332 g/mol. The molecule has 6 nitrogen and oxygen atoms in total. The van der Waals surface area contributed by atoms with Gasteiger partial charge in [0.25, 0.3) is 11.5 Å². The Kier molecular flexibility index (Phi) is 4.08. The number of H-pyrrole nitrogens is 1. The minimum Gasteiger partial charge on any atom is -0.486 e. The van der Waals surface area contributed by atoms with Crippen LogP contribution in [0.3, 0.4) is 0 Å². The molecule has 4 rings (SSSR count). The SMILES string of the molecule is CC(NC(=O)c1cc2ccccc2[nH]c1=O)c1ccc2c(c1)OCCO2. The van der Waals surface area contributed by atoms with Crippen molar-refractivity contribution < 1.29 is 14.3 Å². The molecule has 132 valence electrons. The van der Waals surface area contributed by atoms with Crippen molar-refractivity contribution in [1.29, 1.82) is 0 Å². The maximum Gasteiger partial charge on any atom is 0.261 e. The molecule has 0 saturated heterocycles. The molecule has 1 atom stereocenters. The molecule has 6 heteroatoms. The van der Waals surface area contributed by atoms with Gasteiger partial charge in [-0.15, -0.1) is 0 Å². The standard InChI is InChI=1S/C20H18N2O4/c1-12(13-6-7-17-18(11-13)26-9-8-25-17)21-19(23)15-10-14-4-2-3-5-16(14)22-20(15)24/h2-7,10-12H,8-9H2,1H3,(H,21,23)(H,22,24). The van der Waals surface area contributed by atoms with E-state index < -0.39 is 11.5 Å². The predicted molar refractivity (Wildman–Crippen MR) is 97.9 cm³/mol. The smallest absolute Gasteiger partial charge is 0.261 e. The number of fused-ring (bicyclic) bond motifs is 2. The number of aromatic amines is 1. The highest BCUT2D eigenvalue weighted by molar-refractivity contribution is 5.97. The van der Waals surface area contributed by atoms with E-state index in [9.17, 15) is 9.59 Å². The van der Waals surface area contributed by atoms with Gasteiger partial charge in [0.05, 0.1) is 6.04 Å². The molecule has 0 bridgehead atoms. The van der Waals surface area contributed by atoms with Gasteiger partial charge in [-0.1, -0.05) is 24.3 Å². The van der Waals surface area contributed by atoms with Gasteiger partial charge in [0.15, 0.2) is 11.5 Å². The average Bonchev–Trinajstić information content (AvgIpc) is 2.66. The maximum absolute atomic E-state index is 12.6. The summed E-state index contributed by atoms with van der Waals surface area (Å²) in [5.74, 6) is 0.947. The number of hydrogen-bond acceptors (Lipinski definition) is 4. The number of amides is 1. The summed E-state index contributed by atoms with van der Waals surface area (Å²) in [7, 11) is 0. The third-order valence-electron chi connectivity index (χ3n) is 4.41. The van der Waals surface area contributed by atoms with Crippen LogP contribution in [0.4, 0.5) is 0 Å². The predicted octanol–water partition coefficient (Wildman–Crippen LogP) is 2.79. The number of carbonyl (C=O) groups excluding carboxylic acids is 1. The normalized spacial score (nSPS) is 14.0. The summed E-state index contributed by atoms with van der Waals surface area (Å²) in [6.07, 6.45) is 0. The topological polar surface area (TPSA) is 80.4 Å². The van der Waals surface area contributed by atoms with Crippen molar-refractivity contribution in [2.45, 2.75) is 13.0 Å². The van der Waals surface area contributed by atoms with Crippen molar-refractivity contribution in [1.82, 2.24) is 10.3 Å². The highest BCUT2D eigenvalue weighted by Gasteiger charge is 2.18. The molecule has 2 heterocycles. The summed E-state index contributed by atoms with van der Waals surface area (Å²) in [5, 5.41) is 3.68. The van der Waals surface area contributed by atoms with E-state index in [4.69, 9.17) is 9.47 Å². The van der Waals surface area contributed by atoms with Gasteiger partial charge in [0.2, 0.25) is 0 Å². The van der Waals surface area contributed by atoms with Crippen molar-refractivity contribution in [3.8, 4) is 11.5 Å². The molecule has 1 aliphatic heterocycles. The molecule has 0 spiro atoms. The van der Waals surface area contributed by atoms with E-state index in [1.807, 2.05) is 43.3 Å². The van der Waals surface area contributed by atoms with E-state index in [1.165, 1.54) is 0 Å². The van der Waals surface area contributed by atoms with E-state index in [-0.39, 0.29) is 11.6 Å². The summed E-state index contributed by atoms with van der Waals surface area (Å²) < 4.78 is 11.1. The van der Waals surface area contributed by atoms with Crippen LogP contribution in [0.25, 0.3) is 10.9 Å². The van der Waals surface area contributed by atoms with Crippen LogP contribution in [0, 0.1) is 0 Å². The number of pyridine rings is 1. The molecule has 2 N–H and O–H groups in total. The first-order chi connectivity index (χ1) is 12.6. The molecule has 1 unspecified atom stereocenters. The molecule has 3 aromatic rings. The summed E-state index contributed by atoms with van der Waals surface area (Å²) >= 11 is 0. The fourth-order valence-corrected chi connectivity index (χ4v) is 3.00. The third kappa shape index (κ3) is 3.01. The first-order valence-corrected chi connectivity index (χ1v) is 8.44. The number of para-hydroxylation sites is 1. The van der Waals surface area contributed by atoms with E-state index in [0.29, 0.717) is 30.2 Å². The van der Waals surface area contributed by atoms with Gasteiger partial charge in [-0.05, 0) is 42.1 Å². The van der Waals surface area contributed by atoms with Gasteiger partial charge in [-0.25, -0.2) is 0 Å². The van der Waals surface area contributed by atoms with Crippen LogP contribution >= 0.6 is 0 Å². The molecule has 2 aromatic carbocycles. The quantitative estimate of drug-likeness (QED) is 0.761. The summed E-state index contributed by atoms with van der Waals surface area (Å²) in [4.78, 5) is 27.6. The highest BCUT2D eigenvalue weighted by atomic mass is 16.6. The second-order valence-corrected chi connectivity index (χ2v) is 6.20. The van der Waals surface area contributed by atoms with Gasteiger partial charge >= 0.3 is 0 Å². The fourth-order valence-electron chi connectivity index (χ4n) is 3.00. The first kappa shape index (κ1) is 16.2. The number of rotatable bonds is 3. The second kappa shape index (κ2) is 6.55. The molecule has 1 aromatic heterocycles. The van der Waals surface area contributed by atoms with Crippen LogP contribution in [0.2, 0.25) is 0 Å². The highest BCUT2D eigenvalue weighted by Crippen LogP contribution is 2.32. The second-order valence-electron chi connectivity index (χ2n) is 6.20. The molecule has 0 saturated carbocycles. The Labute approximate surface area is 149 Å². The number of benzene rings is 2. The zero-order chi connectivity index (χ0) is 18.1. The summed E-state index contributed by atoms with van der Waals surface area (Å²) in [6, 6.07) is 14.2. The summed E-state index contributed by atoms with van der Waals surface area (Å²) in [5.41, 5.74) is 1.26. The Balaban J connectivity index is 1.58. The minimum absolute atomic E-state index is 0.0908. The molecule has 0 aliphatic carbocycles. The Morgan fingerprint density at radius 2 is 1.85 bits per heavy atom. The largest absolute Gasteiger partial charge is 0.486 e. The van der Waals surface area contributed by atoms with E-state index >= 15 is 0 Å². The van der Waals surface area contributed by atoms with Crippen molar-refractivity contribution in [3.63, 3.8) is 0 Å². The zero-order valence-electron chi connectivity index (χ0n) is 14.2. The first-order valence-electron chi connectivity index (χ1n) is 8.44. The van der Waals surface area contributed by atoms with Crippen LogP contribution in [-0.4, -0.2) is 24.1 Å². The Hall–Kier alpha value is -3.28. The van der Waals surface area contributed by atoms with Crippen molar-refractivity contribution in [2.24, 2.45) is 0 Å². The monoisotopic (exact) mass is 350 g/mol. The summed E-state index contributed by atoms with van der Waals surface area (Å²) in [6.45, 7) is 2.89. The molecule has 26 heavy (non-hydrogen) atoms. The van der Waals surface area contributed by atoms with Crippen LogP contribution in [-0.2, 0) is 0 Å². The van der Waals surface area contributed by atoms with Crippen LogP contribution < -0.4 is 20.3 Å². The van der Waals surface area contributed by atoms with Crippen molar-refractivity contribution >= 4 is 16.8 Å².